The highest BCUT2D eigenvalue weighted by atomic mass is 19.1. The maximum atomic E-state index is 12.8. The minimum absolute atomic E-state index is 0.0275. The van der Waals surface area contributed by atoms with Crippen molar-refractivity contribution < 1.29 is 19.1 Å². The predicted octanol–water partition coefficient (Wildman–Crippen LogP) is 2.08. The van der Waals surface area contributed by atoms with Gasteiger partial charge in [0.05, 0.1) is 5.92 Å². The average Bonchev–Trinajstić information content (AvgIpc) is 2.46. The van der Waals surface area contributed by atoms with Crippen molar-refractivity contribution in [1.29, 1.82) is 0 Å². The van der Waals surface area contributed by atoms with E-state index in [4.69, 9.17) is 5.11 Å². The predicted molar refractivity (Wildman–Crippen MR) is 71.7 cm³/mol. The van der Waals surface area contributed by atoms with E-state index in [0.29, 0.717) is 32.4 Å². The van der Waals surface area contributed by atoms with E-state index in [0.717, 1.165) is 12.0 Å². The van der Waals surface area contributed by atoms with E-state index in [1.54, 1.807) is 17.0 Å². The summed E-state index contributed by atoms with van der Waals surface area (Å²) in [5.74, 6) is -1.60. The molecule has 1 aliphatic rings. The summed E-state index contributed by atoms with van der Waals surface area (Å²) in [7, 11) is 0. The first-order valence-corrected chi connectivity index (χ1v) is 6.81. The van der Waals surface area contributed by atoms with Crippen LogP contribution in [-0.2, 0) is 16.0 Å². The van der Waals surface area contributed by atoms with Gasteiger partial charge in [-0.05, 0) is 37.0 Å². The molecule has 1 N–H and O–H groups in total. The van der Waals surface area contributed by atoms with Gasteiger partial charge in [-0.3, -0.25) is 9.59 Å². The van der Waals surface area contributed by atoms with Gasteiger partial charge in [0.2, 0.25) is 5.91 Å². The second kappa shape index (κ2) is 6.50. The summed E-state index contributed by atoms with van der Waals surface area (Å²) in [4.78, 5) is 24.7. The van der Waals surface area contributed by atoms with Crippen molar-refractivity contribution in [2.24, 2.45) is 5.92 Å². The lowest BCUT2D eigenvalue weighted by atomic mass is 9.97. The number of aryl methyl sites for hydroxylation is 1. The Labute approximate surface area is 117 Å². The van der Waals surface area contributed by atoms with Crippen molar-refractivity contribution >= 4 is 11.9 Å². The number of carbonyl (C=O) groups is 2. The Morgan fingerprint density at radius 1 is 1.30 bits per heavy atom. The van der Waals surface area contributed by atoms with Gasteiger partial charge in [0.15, 0.2) is 0 Å². The van der Waals surface area contributed by atoms with Crippen molar-refractivity contribution in [3.8, 4) is 0 Å². The lowest BCUT2D eigenvalue weighted by molar-refractivity contribution is -0.145. The van der Waals surface area contributed by atoms with Gasteiger partial charge in [0, 0.05) is 19.5 Å². The van der Waals surface area contributed by atoms with E-state index in [-0.39, 0.29) is 11.7 Å². The number of rotatable bonds is 4. The Balaban J connectivity index is 1.85. The molecular formula is C15H18FNO3. The van der Waals surface area contributed by atoms with Gasteiger partial charge in [0.25, 0.3) is 0 Å². The Morgan fingerprint density at radius 2 is 2.00 bits per heavy atom. The fourth-order valence-electron chi connectivity index (χ4n) is 2.47. The summed E-state index contributed by atoms with van der Waals surface area (Å²) in [6, 6.07) is 6.08. The monoisotopic (exact) mass is 279 g/mol. The summed E-state index contributed by atoms with van der Waals surface area (Å²) in [5, 5.41) is 9.00. The third-order valence-corrected chi connectivity index (χ3v) is 3.66. The van der Waals surface area contributed by atoms with Gasteiger partial charge in [0.1, 0.15) is 5.82 Å². The molecule has 1 fully saturated rings. The second-order valence-electron chi connectivity index (χ2n) is 5.14. The number of nitrogens with zero attached hydrogens (tertiary/aromatic N) is 1. The molecule has 1 atom stereocenters. The summed E-state index contributed by atoms with van der Waals surface area (Å²) in [6.45, 7) is 0.934. The molecule has 4 nitrogen and oxygen atoms in total. The van der Waals surface area contributed by atoms with Gasteiger partial charge < -0.3 is 10.0 Å². The molecule has 1 saturated heterocycles. The van der Waals surface area contributed by atoms with Crippen LogP contribution in [0.25, 0.3) is 0 Å². The SMILES string of the molecule is O=C(O)[C@H]1CCCN(C(=O)CCc2ccc(F)cc2)C1. The molecule has 0 aliphatic carbocycles. The number of carboxylic acid groups (broad SMARTS) is 1. The van der Waals surface area contributed by atoms with Crippen molar-refractivity contribution in [2.75, 3.05) is 13.1 Å². The highest BCUT2D eigenvalue weighted by molar-refractivity contribution is 5.78. The fraction of sp³-hybridized carbons (Fsp3) is 0.467. The molecule has 1 aromatic rings. The van der Waals surface area contributed by atoms with Crippen LogP contribution >= 0.6 is 0 Å². The van der Waals surface area contributed by atoms with Crippen LogP contribution in [0.15, 0.2) is 24.3 Å². The largest absolute Gasteiger partial charge is 0.481 e. The molecule has 5 heteroatoms. The Kier molecular flexibility index (Phi) is 4.71. The van der Waals surface area contributed by atoms with Crippen LogP contribution in [0.3, 0.4) is 0 Å². The Bertz CT molecular complexity index is 486. The molecule has 0 radical (unpaired) electrons. The normalized spacial score (nSPS) is 18.9. The molecule has 0 unspecified atom stereocenters. The first-order chi connectivity index (χ1) is 9.56. The van der Waals surface area contributed by atoms with E-state index in [1.165, 1.54) is 12.1 Å². The summed E-state index contributed by atoms with van der Waals surface area (Å²) in [5.41, 5.74) is 0.909. The third-order valence-electron chi connectivity index (χ3n) is 3.66. The Morgan fingerprint density at radius 3 is 2.65 bits per heavy atom. The minimum atomic E-state index is -0.832. The minimum Gasteiger partial charge on any atom is -0.481 e. The molecule has 0 saturated carbocycles. The molecule has 108 valence electrons. The molecule has 0 bridgehead atoms. The summed E-state index contributed by atoms with van der Waals surface area (Å²) >= 11 is 0. The lowest BCUT2D eigenvalue weighted by Crippen LogP contribution is -2.42. The Hall–Kier alpha value is -1.91. The van der Waals surface area contributed by atoms with Gasteiger partial charge in [-0.15, -0.1) is 0 Å². The number of piperidine rings is 1. The van der Waals surface area contributed by atoms with Crippen molar-refractivity contribution in [1.82, 2.24) is 4.90 Å². The lowest BCUT2D eigenvalue weighted by Gasteiger charge is -2.30. The average molecular weight is 279 g/mol. The highest BCUT2D eigenvalue weighted by Crippen LogP contribution is 2.18. The molecule has 2 rings (SSSR count). The number of aliphatic carboxylic acids is 1. The fourth-order valence-corrected chi connectivity index (χ4v) is 2.47. The molecule has 20 heavy (non-hydrogen) atoms. The van der Waals surface area contributed by atoms with Crippen LogP contribution < -0.4 is 0 Å². The van der Waals surface area contributed by atoms with Crippen LogP contribution in [0, 0.1) is 11.7 Å². The van der Waals surface area contributed by atoms with Gasteiger partial charge in [-0.25, -0.2) is 4.39 Å². The number of likely N-dealkylation sites (tertiary alicyclic amines) is 1. The van der Waals surface area contributed by atoms with Crippen molar-refractivity contribution in [3.05, 3.63) is 35.6 Å². The molecule has 1 aromatic carbocycles. The zero-order valence-electron chi connectivity index (χ0n) is 11.2. The van der Waals surface area contributed by atoms with Crippen LogP contribution in [0.5, 0.6) is 0 Å². The second-order valence-corrected chi connectivity index (χ2v) is 5.14. The van der Waals surface area contributed by atoms with Gasteiger partial charge >= 0.3 is 5.97 Å². The molecule has 0 spiro atoms. The smallest absolute Gasteiger partial charge is 0.308 e. The number of benzene rings is 1. The maximum Gasteiger partial charge on any atom is 0.308 e. The zero-order valence-corrected chi connectivity index (χ0v) is 11.2. The number of carboxylic acids is 1. The van der Waals surface area contributed by atoms with E-state index < -0.39 is 11.9 Å². The van der Waals surface area contributed by atoms with Crippen LogP contribution in [0.1, 0.15) is 24.8 Å². The molecule has 1 amide bonds. The molecule has 1 aliphatic heterocycles. The number of amides is 1. The quantitative estimate of drug-likeness (QED) is 0.918. The van der Waals surface area contributed by atoms with Gasteiger partial charge in [-0.2, -0.15) is 0 Å². The topological polar surface area (TPSA) is 57.6 Å². The number of halogens is 1. The van der Waals surface area contributed by atoms with Gasteiger partial charge in [-0.1, -0.05) is 12.1 Å². The van der Waals surface area contributed by atoms with Crippen LogP contribution in [0.2, 0.25) is 0 Å². The first-order valence-electron chi connectivity index (χ1n) is 6.81. The van der Waals surface area contributed by atoms with E-state index >= 15 is 0 Å². The van der Waals surface area contributed by atoms with E-state index in [9.17, 15) is 14.0 Å². The van der Waals surface area contributed by atoms with Crippen molar-refractivity contribution in [3.63, 3.8) is 0 Å². The molecular weight excluding hydrogens is 261 g/mol. The summed E-state index contributed by atoms with van der Waals surface area (Å²) in [6.07, 6.45) is 2.25. The van der Waals surface area contributed by atoms with E-state index in [2.05, 4.69) is 0 Å². The van der Waals surface area contributed by atoms with Crippen molar-refractivity contribution in [2.45, 2.75) is 25.7 Å². The number of hydrogen-bond donors (Lipinski definition) is 1. The molecule has 0 aromatic heterocycles. The zero-order chi connectivity index (χ0) is 14.5. The molecule has 1 heterocycles. The summed E-state index contributed by atoms with van der Waals surface area (Å²) < 4.78 is 12.8. The standard InChI is InChI=1S/C15H18FNO3/c16-13-6-3-11(4-7-13)5-8-14(18)17-9-1-2-12(10-17)15(19)20/h3-4,6-7,12H,1-2,5,8-10H2,(H,19,20)/t12-/m0/s1. The van der Waals surface area contributed by atoms with Crippen LogP contribution in [0.4, 0.5) is 4.39 Å². The van der Waals surface area contributed by atoms with Crippen LogP contribution in [-0.4, -0.2) is 35.0 Å². The third kappa shape index (κ3) is 3.79. The highest BCUT2D eigenvalue weighted by Gasteiger charge is 2.27. The maximum absolute atomic E-state index is 12.8. The number of carbonyl (C=O) groups excluding carboxylic acids is 1. The first kappa shape index (κ1) is 14.5. The number of hydrogen-bond acceptors (Lipinski definition) is 2. The van der Waals surface area contributed by atoms with E-state index in [1.807, 2.05) is 0 Å².